The summed E-state index contributed by atoms with van der Waals surface area (Å²) in [4.78, 5) is 18.3. The molecule has 3 aromatic rings. The third kappa shape index (κ3) is 3.76. The summed E-state index contributed by atoms with van der Waals surface area (Å²) in [5.74, 6) is -0.743. The first kappa shape index (κ1) is 20.0. The second-order valence-electron chi connectivity index (χ2n) is 6.92. The summed E-state index contributed by atoms with van der Waals surface area (Å²) in [7, 11) is 0. The number of rotatable bonds is 3. The first-order valence-electron chi connectivity index (χ1n) is 9.12. The van der Waals surface area contributed by atoms with Crippen molar-refractivity contribution < 1.29 is 26.9 Å². The standard InChI is InChI=1S/C18H16F4N6O2/c1-10-23-16(30-25-10)11-5-7-27(8-6-11)17(29)14-15(18(20,21)22)28(26-24-14)13-4-2-3-12(19)9-13/h2-4,9,11H,5-8H2,1H3. The van der Waals surface area contributed by atoms with E-state index in [4.69, 9.17) is 4.52 Å². The Morgan fingerprint density at radius 1 is 1.23 bits per heavy atom. The summed E-state index contributed by atoms with van der Waals surface area (Å²) < 4.78 is 60.3. The predicted octanol–water partition coefficient (Wildman–Crippen LogP) is 3.14. The molecule has 1 aliphatic heterocycles. The van der Waals surface area contributed by atoms with Crippen molar-refractivity contribution in [2.24, 2.45) is 0 Å². The third-order valence-electron chi connectivity index (χ3n) is 4.87. The number of halogens is 4. The van der Waals surface area contributed by atoms with Crippen LogP contribution >= 0.6 is 0 Å². The van der Waals surface area contributed by atoms with E-state index < -0.39 is 29.3 Å². The summed E-state index contributed by atoms with van der Waals surface area (Å²) in [5.41, 5.74) is -2.34. The largest absolute Gasteiger partial charge is 0.435 e. The van der Waals surface area contributed by atoms with Crippen LogP contribution in [0.5, 0.6) is 0 Å². The number of alkyl halides is 3. The normalized spacial score (nSPS) is 15.6. The number of amides is 1. The van der Waals surface area contributed by atoms with E-state index in [0.29, 0.717) is 29.2 Å². The van der Waals surface area contributed by atoms with E-state index in [-0.39, 0.29) is 24.7 Å². The van der Waals surface area contributed by atoms with Crippen molar-refractivity contribution in [2.75, 3.05) is 13.1 Å². The molecule has 1 saturated heterocycles. The summed E-state index contributed by atoms with van der Waals surface area (Å²) in [6, 6.07) is 4.47. The SMILES string of the molecule is Cc1noc(C2CCN(C(=O)c3nnn(-c4cccc(F)c4)c3C(F)(F)F)CC2)n1. The van der Waals surface area contributed by atoms with Gasteiger partial charge in [0.1, 0.15) is 5.82 Å². The molecule has 0 aliphatic carbocycles. The molecule has 1 aromatic carbocycles. The zero-order chi connectivity index (χ0) is 21.5. The highest BCUT2D eigenvalue weighted by molar-refractivity contribution is 5.93. The number of aromatic nitrogens is 5. The molecular formula is C18H16F4N6O2. The highest BCUT2D eigenvalue weighted by atomic mass is 19.4. The van der Waals surface area contributed by atoms with Gasteiger partial charge in [-0.3, -0.25) is 4.79 Å². The van der Waals surface area contributed by atoms with Crippen LogP contribution in [0.2, 0.25) is 0 Å². The van der Waals surface area contributed by atoms with Crippen molar-refractivity contribution in [3.8, 4) is 5.69 Å². The van der Waals surface area contributed by atoms with Gasteiger partial charge in [0.2, 0.25) is 5.89 Å². The molecule has 1 aliphatic rings. The van der Waals surface area contributed by atoms with Gasteiger partial charge in [-0.1, -0.05) is 16.4 Å². The Hall–Kier alpha value is -3.31. The molecule has 3 heterocycles. The van der Waals surface area contributed by atoms with Crippen LogP contribution < -0.4 is 0 Å². The molecular weight excluding hydrogens is 408 g/mol. The van der Waals surface area contributed by atoms with Gasteiger partial charge in [0, 0.05) is 19.0 Å². The number of likely N-dealkylation sites (tertiary alicyclic amines) is 1. The predicted molar refractivity (Wildman–Crippen MR) is 93.2 cm³/mol. The lowest BCUT2D eigenvalue weighted by Gasteiger charge is -2.30. The van der Waals surface area contributed by atoms with E-state index in [9.17, 15) is 22.4 Å². The Morgan fingerprint density at radius 3 is 2.57 bits per heavy atom. The molecule has 0 N–H and O–H groups in total. The van der Waals surface area contributed by atoms with Crippen molar-refractivity contribution in [1.29, 1.82) is 0 Å². The van der Waals surface area contributed by atoms with Gasteiger partial charge >= 0.3 is 6.18 Å². The van der Waals surface area contributed by atoms with Gasteiger partial charge in [-0.05, 0) is 38.0 Å². The molecule has 0 bridgehead atoms. The fourth-order valence-electron chi connectivity index (χ4n) is 3.43. The topological polar surface area (TPSA) is 89.9 Å². The van der Waals surface area contributed by atoms with E-state index in [0.717, 1.165) is 12.1 Å². The molecule has 0 saturated carbocycles. The van der Waals surface area contributed by atoms with Crippen LogP contribution in [0.1, 0.15) is 46.7 Å². The lowest BCUT2D eigenvalue weighted by atomic mass is 9.96. The van der Waals surface area contributed by atoms with E-state index in [1.807, 2.05) is 0 Å². The Bertz CT molecular complexity index is 1070. The number of benzene rings is 1. The molecule has 158 valence electrons. The third-order valence-corrected chi connectivity index (χ3v) is 4.87. The quantitative estimate of drug-likeness (QED) is 0.600. The molecule has 8 nitrogen and oxygen atoms in total. The molecule has 0 radical (unpaired) electrons. The minimum atomic E-state index is -4.92. The number of aryl methyl sites for hydroxylation is 1. The first-order chi connectivity index (χ1) is 14.2. The number of hydrogen-bond acceptors (Lipinski definition) is 6. The molecule has 12 heteroatoms. The average molecular weight is 424 g/mol. The van der Waals surface area contributed by atoms with Gasteiger partial charge in [-0.15, -0.1) is 5.10 Å². The highest BCUT2D eigenvalue weighted by Gasteiger charge is 2.43. The summed E-state index contributed by atoms with van der Waals surface area (Å²) in [6.07, 6.45) is -3.99. The molecule has 2 aromatic heterocycles. The summed E-state index contributed by atoms with van der Waals surface area (Å²) in [5, 5.41) is 10.7. The fraction of sp³-hybridized carbons (Fsp3) is 0.389. The first-order valence-corrected chi connectivity index (χ1v) is 9.12. The monoisotopic (exact) mass is 424 g/mol. The highest BCUT2D eigenvalue weighted by Crippen LogP contribution is 2.34. The van der Waals surface area contributed by atoms with Crippen LogP contribution in [0.3, 0.4) is 0 Å². The van der Waals surface area contributed by atoms with Crippen LogP contribution in [0.25, 0.3) is 5.69 Å². The van der Waals surface area contributed by atoms with Gasteiger partial charge in [0.05, 0.1) is 5.69 Å². The Labute approximate surface area is 167 Å². The van der Waals surface area contributed by atoms with Crippen molar-refractivity contribution in [1.82, 2.24) is 30.0 Å². The van der Waals surface area contributed by atoms with E-state index in [1.165, 1.54) is 17.0 Å². The smallest absolute Gasteiger partial charge is 0.339 e. The second-order valence-corrected chi connectivity index (χ2v) is 6.92. The van der Waals surface area contributed by atoms with E-state index in [2.05, 4.69) is 20.5 Å². The van der Waals surface area contributed by atoms with Gasteiger partial charge in [-0.2, -0.15) is 18.2 Å². The maximum Gasteiger partial charge on any atom is 0.435 e. The van der Waals surface area contributed by atoms with Crippen LogP contribution in [0.4, 0.5) is 17.6 Å². The molecule has 0 spiro atoms. The number of hydrogen-bond donors (Lipinski definition) is 0. The van der Waals surface area contributed by atoms with E-state index in [1.54, 1.807) is 6.92 Å². The van der Waals surface area contributed by atoms with Crippen LogP contribution in [0, 0.1) is 12.7 Å². The van der Waals surface area contributed by atoms with Crippen LogP contribution in [-0.4, -0.2) is 49.0 Å². The van der Waals surface area contributed by atoms with Crippen molar-refractivity contribution in [3.05, 3.63) is 53.2 Å². The minimum Gasteiger partial charge on any atom is -0.339 e. The Kier molecular flexibility index (Phi) is 5.00. The number of carbonyl (C=O) groups excluding carboxylic acids is 1. The summed E-state index contributed by atoms with van der Waals surface area (Å²) in [6.45, 7) is 2.09. The summed E-state index contributed by atoms with van der Waals surface area (Å²) >= 11 is 0. The van der Waals surface area contributed by atoms with Gasteiger partial charge in [-0.25, -0.2) is 9.07 Å². The molecule has 1 fully saturated rings. The van der Waals surface area contributed by atoms with E-state index >= 15 is 0 Å². The Balaban J connectivity index is 1.59. The lowest BCUT2D eigenvalue weighted by molar-refractivity contribution is -0.143. The van der Waals surface area contributed by atoms with Crippen molar-refractivity contribution >= 4 is 5.91 Å². The maximum atomic E-state index is 13.7. The average Bonchev–Trinajstić information content (AvgIpc) is 3.34. The molecule has 30 heavy (non-hydrogen) atoms. The van der Waals surface area contributed by atoms with Crippen LogP contribution in [-0.2, 0) is 6.18 Å². The van der Waals surface area contributed by atoms with Crippen molar-refractivity contribution in [3.63, 3.8) is 0 Å². The fourth-order valence-corrected chi connectivity index (χ4v) is 3.43. The molecule has 0 unspecified atom stereocenters. The molecule has 1 amide bonds. The maximum absolute atomic E-state index is 13.7. The lowest BCUT2D eigenvalue weighted by Crippen LogP contribution is -2.39. The number of piperidine rings is 1. The zero-order valence-corrected chi connectivity index (χ0v) is 15.7. The van der Waals surface area contributed by atoms with Gasteiger partial charge < -0.3 is 9.42 Å². The minimum absolute atomic E-state index is 0.0692. The Morgan fingerprint density at radius 2 is 1.97 bits per heavy atom. The van der Waals surface area contributed by atoms with Crippen molar-refractivity contribution in [2.45, 2.75) is 31.9 Å². The van der Waals surface area contributed by atoms with Gasteiger partial charge in [0.25, 0.3) is 5.91 Å². The van der Waals surface area contributed by atoms with Gasteiger partial charge in [0.15, 0.2) is 17.2 Å². The molecule has 4 rings (SSSR count). The number of carbonyl (C=O) groups is 1. The molecule has 0 atom stereocenters. The second kappa shape index (κ2) is 7.50. The zero-order valence-electron chi connectivity index (χ0n) is 15.7. The number of nitrogens with zero attached hydrogens (tertiary/aromatic N) is 6. The van der Waals surface area contributed by atoms with Crippen LogP contribution in [0.15, 0.2) is 28.8 Å².